The van der Waals surface area contributed by atoms with Crippen molar-refractivity contribution in [3.63, 3.8) is 0 Å². The summed E-state index contributed by atoms with van der Waals surface area (Å²) >= 11 is 6.12. The van der Waals surface area contributed by atoms with Crippen LogP contribution in [-0.4, -0.2) is 49.0 Å². The van der Waals surface area contributed by atoms with Crippen molar-refractivity contribution in [2.75, 3.05) is 38.1 Å². The molecule has 0 bridgehead atoms. The first kappa shape index (κ1) is 19.3. The van der Waals surface area contributed by atoms with Gasteiger partial charge in [0.05, 0.1) is 11.5 Å². The lowest BCUT2D eigenvalue weighted by molar-refractivity contribution is -0.384. The van der Waals surface area contributed by atoms with Gasteiger partial charge < -0.3 is 10.2 Å². The summed E-state index contributed by atoms with van der Waals surface area (Å²) < 4.78 is 0. The molecule has 2 aromatic rings. The van der Waals surface area contributed by atoms with E-state index in [0.717, 1.165) is 25.2 Å². The van der Waals surface area contributed by atoms with Gasteiger partial charge in [0.15, 0.2) is 0 Å². The molecule has 1 fully saturated rings. The van der Waals surface area contributed by atoms with E-state index in [-0.39, 0.29) is 24.2 Å². The maximum atomic E-state index is 12.8. The average Bonchev–Trinajstić information content (AvgIpc) is 2.68. The number of rotatable bonds is 5. The number of amides is 1. The van der Waals surface area contributed by atoms with Crippen LogP contribution in [0.2, 0.25) is 5.02 Å². The number of likely N-dealkylation sites (N-methyl/N-ethyl adjacent to an activating group) is 1. The van der Waals surface area contributed by atoms with Gasteiger partial charge in [0, 0.05) is 55.6 Å². The molecule has 27 heavy (non-hydrogen) atoms. The molecular weight excluding hydrogens is 368 g/mol. The number of nitro groups is 1. The van der Waals surface area contributed by atoms with E-state index < -0.39 is 4.92 Å². The Bertz CT molecular complexity index is 828. The number of non-ortho nitro benzene ring substituents is 1. The standard InChI is InChI=1S/C19H21ClN4O3/c1-22(16-5-7-17(8-6-16)24(26)27)19(25)13-23-10-9-21-12-18(23)14-3-2-4-15(20)11-14/h2-8,11,18,21H,9-10,12-13H2,1H3. The van der Waals surface area contributed by atoms with Crippen molar-refractivity contribution in [3.8, 4) is 0 Å². The van der Waals surface area contributed by atoms with Crippen molar-refractivity contribution < 1.29 is 9.72 Å². The summed E-state index contributed by atoms with van der Waals surface area (Å²) in [6.07, 6.45) is 0. The van der Waals surface area contributed by atoms with E-state index in [1.165, 1.54) is 17.0 Å². The second-order valence-electron chi connectivity index (χ2n) is 6.47. The van der Waals surface area contributed by atoms with Crippen molar-refractivity contribution in [2.45, 2.75) is 6.04 Å². The molecule has 2 aromatic carbocycles. The van der Waals surface area contributed by atoms with Gasteiger partial charge in [-0.2, -0.15) is 0 Å². The number of nitro benzene ring substituents is 1. The van der Waals surface area contributed by atoms with Crippen molar-refractivity contribution >= 4 is 28.9 Å². The Hall–Kier alpha value is -2.48. The number of piperazine rings is 1. The summed E-state index contributed by atoms with van der Waals surface area (Å²) in [4.78, 5) is 26.8. The number of hydrogen-bond acceptors (Lipinski definition) is 5. The summed E-state index contributed by atoms with van der Waals surface area (Å²) in [7, 11) is 1.68. The Morgan fingerprint density at radius 1 is 1.33 bits per heavy atom. The highest BCUT2D eigenvalue weighted by atomic mass is 35.5. The van der Waals surface area contributed by atoms with E-state index in [1.54, 1.807) is 19.2 Å². The number of halogens is 1. The van der Waals surface area contributed by atoms with Crippen LogP contribution in [0, 0.1) is 10.1 Å². The van der Waals surface area contributed by atoms with Crippen LogP contribution in [0.15, 0.2) is 48.5 Å². The normalized spacial score (nSPS) is 17.5. The molecule has 0 aromatic heterocycles. The van der Waals surface area contributed by atoms with Crippen LogP contribution in [0.5, 0.6) is 0 Å². The second kappa shape index (κ2) is 8.47. The third-order valence-electron chi connectivity index (χ3n) is 4.75. The van der Waals surface area contributed by atoms with Crippen molar-refractivity contribution in [2.24, 2.45) is 0 Å². The van der Waals surface area contributed by atoms with Gasteiger partial charge in [0.25, 0.3) is 5.69 Å². The molecule has 1 aliphatic rings. The van der Waals surface area contributed by atoms with Gasteiger partial charge in [-0.1, -0.05) is 23.7 Å². The molecule has 0 radical (unpaired) electrons. The average molecular weight is 389 g/mol. The van der Waals surface area contributed by atoms with Crippen LogP contribution >= 0.6 is 11.6 Å². The Morgan fingerprint density at radius 2 is 2.07 bits per heavy atom. The smallest absolute Gasteiger partial charge is 0.269 e. The minimum atomic E-state index is -0.456. The van der Waals surface area contributed by atoms with Gasteiger partial charge in [-0.3, -0.25) is 19.8 Å². The minimum Gasteiger partial charge on any atom is -0.314 e. The van der Waals surface area contributed by atoms with Crippen molar-refractivity contribution in [1.29, 1.82) is 0 Å². The summed E-state index contributed by atoms with van der Waals surface area (Å²) in [6, 6.07) is 13.7. The monoisotopic (exact) mass is 388 g/mol. The number of carbonyl (C=O) groups is 1. The molecule has 0 saturated carbocycles. The fraction of sp³-hybridized carbons (Fsp3) is 0.316. The Kier molecular flexibility index (Phi) is 6.05. The van der Waals surface area contributed by atoms with Crippen LogP contribution < -0.4 is 10.2 Å². The number of anilines is 1. The summed E-state index contributed by atoms with van der Waals surface area (Å²) in [5.41, 5.74) is 1.70. The summed E-state index contributed by atoms with van der Waals surface area (Å²) in [6.45, 7) is 2.56. The van der Waals surface area contributed by atoms with Gasteiger partial charge in [-0.05, 0) is 29.8 Å². The molecule has 3 rings (SSSR count). The zero-order valence-electron chi connectivity index (χ0n) is 15.0. The van der Waals surface area contributed by atoms with E-state index in [1.807, 2.05) is 24.3 Å². The maximum absolute atomic E-state index is 12.8. The third kappa shape index (κ3) is 4.63. The quantitative estimate of drug-likeness (QED) is 0.629. The molecule has 0 spiro atoms. The molecule has 142 valence electrons. The maximum Gasteiger partial charge on any atom is 0.269 e. The molecule has 1 saturated heterocycles. The highest BCUT2D eigenvalue weighted by Gasteiger charge is 2.27. The van der Waals surface area contributed by atoms with Crippen molar-refractivity contribution in [3.05, 3.63) is 69.2 Å². The highest BCUT2D eigenvalue weighted by molar-refractivity contribution is 6.30. The SMILES string of the molecule is CN(C(=O)CN1CCNCC1c1cccc(Cl)c1)c1ccc([N+](=O)[O-])cc1. The van der Waals surface area contributed by atoms with Gasteiger partial charge in [0.1, 0.15) is 0 Å². The molecule has 1 aliphatic heterocycles. The number of carbonyl (C=O) groups excluding carboxylic acids is 1. The largest absolute Gasteiger partial charge is 0.314 e. The van der Waals surface area contributed by atoms with Crippen LogP contribution in [0.25, 0.3) is 0 Å². The second-order valence-corrected chi connectivity index (χ2v) is 6.91. The molecule has 1 heterocycles. The molecule has 1 amide bonds. The molecule has 8 heteroatoms. The van der Waals surface area contributed by atoms with Gasteiger partial charge in [0.2, 0.25) is 5.91 Å². The van der Waals surface area contributed by atoms with Crippen LogP contribution in [0.4, 0.5) is 11.4 Å². The fourth-order valence-electron chi connectivity index (χ4n) is 3.20. The van der Waals surface area contributed by atoms with Crippen LogP contribution in [0.1, 0.15) is 11.6 Å². The lowest BCUT2D eigenvalue weighted by Crippen LogP contribution is -2.49. The van der Waals surface area contributed by atoms with Crippen LogP contribution in [0.3, 0.4) is 0 Å². The van der Waals surface area contributed by atoms with E-state index in [4.69, 9.17) is 11.6 Å². The van der Waals surface area contributed by atoms with Gasteiger partial charge >= 0.3 is 0 Å². The first-order valence-electron chi connectivity index (χ1n) is 8.67. The summed E-state index contributed by atoms with van der Waals surface area (Å²) in [5, 5.41) is 14.8. The van der Waals surface area contributed by atoms with Crippen molar-refractivity contribution in [1.82, 2.24) is 10.2 Å². The Labute approximate surface area is 162 Å². The van der Waals surface area contributed by atoms with Gasteiger partial charge in [-0.25, -0.2) is 0 Å². The van der Waals surface area contributed by atoms with E-state index >= 15 is 0 Å². The summed E-state index contributed by atoms with van der Waals surface area (Å²) in [5.74, 6) is -0.0715. The van der Waals surface area contributed by atoms with Crippen LogP contribution in [-0.2, 0) is 4.79 Å². The fourth-order valence-corrected chi connectivity index (χ4v) is 3.40. The molecule has 1 unspecified atom stereocenters. The first-order chi connectivity index (χ1) is 13.0. The molecule has 0 aliphatic carbocycles. The number of hydrogen-bond donors (Lipinski definition) is 1. The number of nitrogens with zero attached hydrogens (tertiary/aromatic N) is 3. The first-order valence-corrected chi connectivity index (χ1v) is 9.05. The third-order valence-corrected chi connectivity index (χ3v) is 4.98. The number of nitrogens with one attached hydrogen (secondary N) is 1. The number of benzene rings is 2. The predicted molar refractivity (Wildman–Crippen MR) is 105 cm³/mol. The molecule has 1 N–H and O–H groups in total. The Morgan fingerprint density at radius 3 is 2.74 bits per heavy atom. The minimum absolute atomic E-state index is 0.00252. The molecular formula is C19H21ClN4O3. The molecule has 7 nitrogen and oxygen atoms in total. The Balaban J connectivity index is 1.71. The predicted octanol–water partition coefficient (Wildman–Crippen LogP) is 2.86. The zero-order valence-corrected chi connectivity index (χ0v) is 15.7. The topological polar surface area (TPSA) is 78.7 Å². The zero-order chi connectivity index (χ0) is 19.4. The lowest BCUT2D eigenvalue weighted by Gasteiger charge is -2.36. The van der Waals surface area contributed by atoms with E-state index in [2.05, 4.69) is 10.2 Å². The van der Waals surface area contributed by atoms with E-state index in [0.29, 0.717) is 10.7 Å². The highest BCUT2D eigenvalue weighted by Crippen LogP contribution is 2.25. The lowest BCUT2D eigenvalue weighted by atomic mass is 10.0. The molecule has 1 atom stereocenters. The van der Waals surface area contributed by atoms with E-state index in [9.17, 15) is 14.9 Å². The van der Waals surface area contributed by atoms with Gasteiger partial charge in [-0.15, -0.1) is 0 Å².